The Kier molecular flexibility index (Phi) is 5.53. The van der Waals surface area contributed by atoms with E-state index in [0.29, 0.717) is 17.1 Å². The molecule has 0 aromatic heterocycles. The van der Waals surface area contributed by atoms with Crippen molar-refractivity contribution in [3.05, 3.63) is 42.5 Å². The number of benzene rings is 2. The Bertz CT molecular complexity index is 863. The molecule has 134 valence electrons. The number of rotatable bonds is 6. The number of carbonyl (C=O) groups is 1. The summed E-state index contributed by atoms with van der Waals surface area (Å²) in [4.78, 5) is 11.1. The molecule has 2 aromatic rings. The van der Waals surface area contributed by atoms with Crippen LogP contribution >= 0.6 is 0 Å². The topological polar surface area (TPSA) is 84.9 Å². The quantitative estimate of drug-likeness (QED) is 0.851. The summed E-state index contributed by atoms with van der Waals surface area (Å²) in [6, 6.07) is 11.1. The molecule has 2 aromatic carbocycles. The van der Waals surface area contributed by atoms with E-state index in [1.807, 2.05) is 0 Å². The highest BCUT2D eigenvalue weighted by atomic mass is 32.2. The maximum absolute atomic E-state index is 13.0. The smallest absolute Gasteiger partial charge is 0.267 e. The lowest BCUT2D eigenvalue weighted by Gasteiger charge is -2.21. The maximum Gasteiger partial charge on any atom is 0.267 e. The van der Waals surface area contributed by atoms with Crippen LogP contribution in [0.2, 0.25) is 0 Å². The van der Waals surface area contributed by atoms with E-state index in [9.17, 15) is 13.2 Å². The van der Waals surface area contributed by atoms with Crippen LogP contribution in [0.15, 0.2) is 47.4 Å². The molecule has 1 amide bonds. The highest BCUT2D eigenvalue weighted by Crippen LogP contribution is 2.32. The van der Waals surface area contributed by atoms with Crippen molar-refractivity contribution in [1.82, 2.24) is 0 Å². The molecule has 0 heterocycles. The number of hydrogen-bond acceptors (Lipinski definition) is 5. The van der Waals surface area contributed by atoms with Gasteiger partial charge < -0.3 is 14.8 Å². The first-order valence-corrected chi connectivity index (χ1v) is 8.82. The van der Waals surface area contributed by atoms with Crippen LogP contribution in [0.3, 0.4) is 0 Å². The summed E-state index contributed by atoms with van der Waals surface area (Å²) in [5.41, 5.74) is 1.03. The van der Waals surface area contributed by atoms with Gasteiger partial charge in [0.2, 0.25) is 5.91 Å². The van der Waals surface area contributed by atoms with E-state index in [1.165, 1.54) is 34.3 Å². The lowest BCUT2D eigenvalue weighted by atomic mass is 10.3. The monoisotopic (exact) mass is 364 g/mol. The summed E-state index contributed by atoms with van der Waals surface area (Å²) in [6.45, 7) is 1.40. The zero-order chi connectivity index (χ0) is 18.6. The summed E-state index contributed by atoms with van der Waals surface area (Å²) in [6.07, 6.45) is 0. The minimum Gasteiger partial charge on any atom is -0.497 e. The van der Waals surface area contributed by atoms with Crippen LogP contribution in [0.5, 0.6) is 11.5 Å². The molecule has 7 nitrogen and oxygen atoms in total. The van der Waals surface area contributed by atoms with E-state index in [-0.39, 0.29) is 16.6 Å². The number of sulfonamides is 1. The van der Waals surface area contributed by atoms with Crippen molar-refractivity contribution >= 4 is 27.3 Å². The van der Waals surface area contributed by atoms with Crippen molar-refractivity contribution in [2.45, 2.75) is 11.8 Å². The molecule has 8 heteroatoms. The summed E-state index contributed by atoms with van der Waals surface area (Å²) < 4.78 is 37.3. The third-order valence-corrected chi connectivity index (χ3v) is 5.37. The number of anilines is 2. The second-order valence-corrected chi connectivity index (χ2v) is 7.16. The second kappa shape index (κ2) is 7.43. The number of carbonyl (C=O) groups excluding carboxylic acids is 1. The Morgan fingerprint density at radius 3 is 2.20 bits per heavy atom. The molecular formula is C17H20N2O5S. The third-order valence-electron chi connectivity index (χ3n) is 3.56. The molecule has 25 heavy (non-hydrogen) atoms. The molecule has 0 radical (unpaired) electrons. The van der Waals surface area contributed by atoms with Gasteiger partial charge in [0.15, 0.2) is 0 Å². The average Bonchev–Trinajstić information content (AvgIpc) is 2.60. The van der Waals surface area contributed by atoms with E-state index in [2.05, 4.69) is 5.32 Å². The molecule has 0 aliphatic rings. The first-order valence-electron chi connectivity index (χ1n) is 7.38. The Labute approximate surface area is 147 Å². The maximum atomic E-state index is 13.0. The van der Waals surface area contributed by atoms with Crippen LogP contribution in [-0.4, -0.2) is 35.6 Å². The van der Waals surface area contributed by atoms with Crippen molar-refractivity contribution in [1.29, 1.82) is 0 Å². The molecule has 0 bridgehead atoms. The number of ether oxygens (including phenoxy) is 2. The van der Waals surface area contributed by atoms with Crippen LogP contribution in [0.1, 0.15) is 6.92 Å². The highest BCUT2D eigenvalue weighted by Gasteiger charge is 2.26. The predicted octanol–water partition coefficient (Wildman–Crippen LogP) is 2.49. The van der Waals surface area contributed by atoms with E-state index >= 15 is 0 Å². The van der Waals surface area contributed by atoms with Gasteiger partial charge in [0.1, 0.15) is 16.4 Å². The SMILES string of the molecule is COc1ccc(OC)c(S(=O)(=O)N(C)c2ccc(NC(C)=O)cc2)c1. The van der Waals surface area contributed by atoms with Crippen LogP contribution in [0.4, 0.5) is 11.4 Å². The summed E-state index contributed by atoms with van der Waals surface area (Å²) in [5.74, 6) is 0.436. The van der Waals surface area contributed by atoms with Crippen LogP contribution in [0.25, 0.3) is 0 Å². The fraction of sp³-hybridized carbons (Fsp3) is 0.235. The van der Waals surface area contributed by atoms with Gasteiger partial charge in [-0.1, -0.05) is 0 Å². The van der Waals surface area contributed by atoms with Crippen molar-refractivity contribution in [3.8, 4) is 11.5 Å². The van der Waals surface area contributed by atoms with Crippen molar-refractivity contribution in [3.63, 3.8) is 0 Å². The first-order chi connectivity index (χ1) is 11.8. The van der Waals surface area contributed by atoms with Crippen molar-refractivity contribution in [2.75, 3.05) is 30.9 Å². The molecule has 0 saturated heterocycles. The molecule has 0 saturated carbocycles. The normalized spacial score (nSPS) is 10.9. The Balaban J connectivity index is 2.40. The number of nitrogens with zero attached hydrogens (tertiary/aromatic N) is 1. The van der Waals surface area contributed by atoms with Crippen LogP contribution in [0, 0.1) is 0 Å². The van der Waals surface area contributed by atoms with Crippen molar-refractivity contribution < 1.29 is 22.7 Å². The van der Waals surface area contributed by atoms with Gasteiger partial charge in [-0.3, -0.25) is 9.10 Å². The third kappa shape index (κ3) is 4.03. The molecule has 0 atom stereocenters. The number of amides is 1. The second-order valence-electron chi connectivity index (χ2n) is 5.22. The summed E-state index contributed by atoms with van der Waals surface area (Å²) in [5, 5.41) is 2.63. The van der Waals surface area contributed by atoms with Crippen LogP contribution in [-0.2, 0) is 14.8 Å². The molecule has 0 unspecified atom stereocenters. The lowest BCUT2D eigenvalue weighted by Crippen LogP contribution is -2.27. The number of methoxy groups -OCH3 is 2. The zero-order valence-electron chi connectivity index (χ0n) is 14.4. The molecule has 0 aliphatic carbocycles. The number of hydrogen-bond donors (Lipinski definition) is 1. The van der Waals surface area contributed by atoms with Gasteiger partial charge in [0.05, 0.1) is 19.9 Å². The minimum atomic E-state index is -3.86. The van der Waals surface area contributed by atoms with E-state index in [4.69, 9.17) is 9.47 Å². The van der Waals surface area contributed by atoms with Gasteiger partial charge in [-0.05, 0) is 36.4 Å². The van der Waals surface area contributed by atoms with E-state index < -0.39 is 10.0 Å². The molecule has 0 fully saturated rings. The minimum absolute atomic E-state index is 0.00258. The largest absolute Gasteiger partial charge is 0.497 e. The Hall–Kier alpha value is -2.74. The van der Waals surface area contributed by atoms with Crippen LogP contribution < -0.4 is 19.1 Å². The molecule has 1 N–H and O–H groups in total. The fourth-order valence-electron chi connectivity index (χ4n) is 2.23. The molecular weight excluding hydrogens is 344 g/mol. The van der Waals surface area contributed by atoms with E-state index in [1.54, 1.807) is 36.4 Å². The zero-order valence-corrected chi connectivity index (χ0v) is 15.3. The van der Waals surface area contributed by atoms with Gasteiger partial charge in [-0.2, -0.15) is 0 Å². The average molecular weight is 364 g/mol. The fourth-order valence-corrected chi connectivity index (χ4v) is 3.59. The summed E-state index contributed by atoms with van der Waals surface area (Å²) in [7, 11) is 0.451. The molecule has 2 rings (SSSR count). The summed E-state index contributed by atoms with van der Waals surface area (Å²) >= 11 is 0. The van der Waals surface area contributed by atoms with Gasteiger partial charge in [0, 0.05) is 25.7 Å². The van der Waals surface area contributed by atoms with Gasteiger partial charge in [-0.15, -0.1) is 0 Å². The van der Waals surface area contributed by atoms with Gasteiger partial charge >= 0.3 is 0 Å². The number of nitrogens with one attached hydrogen (secondary N) is 1. The molecule has 0 spiro atoms. The van der Waals surface area contributed by atoms with Gasteiger partial charge in [0.25, 0.3) is 10.0 Å². The standard InChI is InChI=1S/C17H20N2O5S/c1-12(20)18-13-5-7-14(8-6-13)19(2)25(21,22)17-11-15(23-3)9-10-16(17)24-4/h5-11H,1-4H3,(H,18,20). The lowest BCUT2D eigenvalue weighted by molar-refractivity contribution is -0.114. The van der Waals surface area contributed by atoms with Crippen molar-refractivity contribution in [2.24, 2.45) is 0 Å². The predicted molar refractivity (Wildman–Crippen MR) is 95.9 cm³/mol. The Morgan fingerprint density at radius 2 is 1.68 bits per heavy atom. The van der Waals surface area contributed by atoms with Gasteiger partial charge in [-0.25, -0.2) is 8.42 Å². The van der Waals surface area contributed by atoms with E-state index in [0.717, 1.165) is 4.31 Å². The Morgan fingerprint density at radius 1 is 1.04 bits per heavy atom. The highest BCUT2D eigenvalue weighted by molar-refractivity contribution is 7.92. The molecule has 0 aliphatic heterocycles. The first kappa shape index (κ1) is 18.6.